The topological polar surface area (TPSA) is 102 Å². The standard InChI is InChI=1S/C4H2N2O3S/c5-1-4(2-6)3-10(7,8)9/h3H,(H,7,8,9). The molecule has 0 saturated heterocycles. The zero-order chi connectivity index (χ0) is 8.20. The van der Waals surface area contributed by atoms with Crippen LogP contribution < -0.4 is 0 Å². The Morgan fingerprint density at radius 1 is 1.40 bits per heavy atom. The van der Waals surface area contributed by atoms with Gasteiger partial charge in [-0.3, -0.25) is 4.55 Å². The van der Waals surface area contributed by atoms with Crippen molar-refractivity contribution in [3.05, 3.63) is 11.0 Å². The van der Waals surface area contributed by atoms with Crippen LogP contribution in [0.25, 0.3) is 0 Å². The third kappa shape index (κ3) is 3.61. The maximum absolute atomic E-state index is 9.94. The molecule has 52 valence electrons. The van der Waals surface area contributed by atoms with Gasteiger partial charge in [-0.1, -0.05) is 0 Å². The third-order valence-electron chi connectivity index (χ3n) is 0.508. The molecule has 0 atom stereocenters. The molecule has 0 saturated carbocycles. The van der Waals surface area contributed by atoms with Crippen molar-refractivity contribution in [3.8, 4) is 12.1 Å². The molecule has 0 heterocycles. The van der Waals surface area contributed by atoms with E-state index in [0.717, 1.165) is 0 Å². The molecule has 0 aliphatic rings. The Morgan fingerprint density at radius 3 is 1.90 bits per heavy atom. The number of nitrogens with zero attached hydrogens (tertiary/aromatic N) is 2. The molecule has 0 bridgehead atoms. The summed E-state index contributed by atoms with van der Waals surface area (Å²) in [5.41, 5.74) is -0.650. The number of rotatable bonds is 1. The van der Waals surface area contributed by atoms with Gasteiger partial charge in [0.2, 0.25) is 0 Å². The van der Waals surface area contributed by atoms with Crippen LogP contribution in [0.5, 0.6) is 0 Å². The van der Waals surface area contributed by atoms with Gasteiger partial charge in [0.15, 0.2) is 0 Å². The van der Waals surface area contributed by atoms with E-state index in [2.05, 4.69) is 0 Å². The van der Waals surface area contributed by atoms with Crippen molar-refractivity contribution < 1.29 is 13.0 Å². The number of hydrogen-bond donors (Lipinski definition) is 1. The van der Waals surface area contributed by atoms with E-state index in [9.17, 15) is 8.42 Å². The summed E-state index contributed by atoms with van der Waals surface area (Å²) in [6.45, 7) is 0. The minimum Gasteiger partial charge on any atom is -0.282 e. The van der Waals surface area contributed by atoms with Crippen LogP contribution in [-0.2, 0) is 10.1 Å². The largest absolute Gasteiger partial charge is 0.289 e. The summed E-state index contributed by atoms with van der Waals surface area (Å²) in [5, 5.41) is 16.1. The summed E-state index contributed by atoms with van der Waals surface area (Å²) >= 11 is 0. The van der Waals surface area contributed by atoms with E-state index >= 15 is 0 Å². The van der Waals surface area contributed by atoms with Crippen LogP contribution in [0.4, 0.5) is 0 Å². The van der Waals surface area contributed by atoms with Gasteiger partial charge in [0, 0.05) is 0 Å². The fourth-order valence-electron chi connectivity index (χ4n) is 0.227. The lowest BCUT2D eigenvalue weighted by molar-refractivity contribution is 0.494. The molecule has 0 aromatic carbocycles. The first-order valence-electron chi connectivity index (χ1n) is 1.99. The van der Waals surface area contributed by atoms with Crippen molar-refractivity contribution >= 4 is 10.1 Å². The fourth-order valence-corrected chi connectivity index (χ4v) is 0.630. The molecule has 0 fully saturated rings. The predicted octanol–water partition coefficient (Wildman–Crippen LogP) is -0.195. The number of allylic oxidation sites excluding steroid dienone is 1. The van der Waals surface area contributed by atoms with Gasteiger partial charge in [0.05, 0.1) is 5.41 Å². The quantitative estimate of drug-likeness (QED) is 0.420. The first-order valence-corrected chi connectivity index (χ1v) is 3.49. The summed E-state index contributed by atoms with van der Waals surface area (Å²) in [6, 6.07) is 2.54. The van der Waals surface area contributed by atoms with E-state index in [1.54, 1.807) is 0 Å². The molecule has 5 nitrogen and oxygen atoms in total. The first kappa shape index (κ1) is 8.63. The van der Waals surface area contributed by atoms with E-state index < -0.39 is 15.7 Å². The van der Waals surface area contributed by atoms with E-state index in [0.29, 0.717) is 0 Å². The Bertz CT molecular complexity index is 310. The van der Waals surface area contributed by atoms with Crippen LogP contribution in [0.3, 0.4) is 0 Å². The molecule has 10 heavy (non-hydrogen) atoms. The minimum atomic E-state index is -4.35. The minimum absolute atomic E-state index is 0.188. The monoisotopic (exact) mass is 158 g/mol. The lowest BCUT2D eigenvalue weighted by atomic mass is 10.4. The average molecular weight is 158 g/mol. The van der Waals surface area contributed by atoms with Crippen molar-refractivity contribution in [2.75, 3.05) is 0 Å². The highest BCUT2D eigenvalue weighted by molar-refractivity contribution is 7.88. The SMILES string of the molecule is N#CC(C#N)=CS(=O)(=O)O. The van der Waals surface area contributed by atoms with Gasteiger partial charge in [-0.25, -0.2) is 0 Å². The van der Waals surface area contributed by atoms with Crippen molar-refractivity contribution in [1.82, 2.24) is 0 Å². The van der Waals surface area contributed by atoms with Gasteiger partial charge in [-0.2, -0.15) is 18.9 Å². The highest BCUT2D eigenvalue weighted by Crippen LogP contribution is 1.93. The van der Waals surface area contributed by atoms with Gasteiger partial charge < -0.3 is 0 Å². The second kappa shape index (κ2) is 2.97. The zero-order valence-electron chi connectivity index (χ0n) is 4.64. The van der Waals surface area contributed by atoms with Gasteiger partial charge in [-0.15, -0.1) is 0 Å². The first-order chi connectivity index (χ1) is 4.49. The maximum atomic E-state index is 9.94. The molecule has 6 heteroatoms. The number of nitriles is 2. The summed E-state index contributed by atoms with van der Waals surface area (Å²) in [4.78, 5) is 0. The highest BCUT2D eigenvalue weighted by Gasteiger charge is 2.01. The molecule has 0 aromatic heterocycles. The Labute approximate surface area is 57.6 Å². The molecule has 0 radical (unpaired) electrons. The second-order valence-corrected chi connectivity index (χ2v) is 2.54. The van der Waals surface area contributed by atoms with E-state index in [1.165, 1.54) is 12.1 Å². The van der Waals surface area contributed by atoms with E-state index in [4.69, 9.17) is 15.1 Å². The van der Waals surface area contributed by atoms with Crippen molar-refractivity contribution in [2.45, 2.75) is 0 Å². The molecular weight excluding hydrogens is 156 g/mol. The average Bonchev–Trinajstić information content (AvgIpc) is 1.81. The summed E-state index contributed by atoms with van der Waals surface area (Å²) in [5.74, 6) is 0. The molecular formula is C4H2N2O3S. The fraction of sp³-hybridized carbons (Fsp3) is 0. The molecule has 0 spiro atoms. The van der Waals surface area contributed by atoms with Crippen LogP contribution in [0, 0.1) is 22.7 Å². The van der Waals surface area contributed by atoms with E-state index in [-0.39, 0.29) is 5.41 Å². The Hall–Kier alpha value is -1.37. The van der Waals surface area contributed by atoms with Crippen molar-refractivity contribution in [3.63, 3.8) is 0 Å². The molecule has 0 aliphatic heterocycles. The van der Waals surface area contributed by atoms with Crippen molar-refractivity contribution in [1.29, 1.82) is 10.5 Å². The number of hydrogen-bond acceptors (Lipinski definition) is 4. The molecule has 0 aromatic rings. The molecule has 1 N–H and O–H groups in total. The van der Waals surface area contributed by atoms with Crippen LogP contribution in [0.15, 0.2) is 11.0 Å². The van der Waals surface area contributed by atoms with Crippen LogP contribution in [0.1, 0.15) is 0 Å². The Balaban J connectivity index is 4.87. The van der Waals surface area contributed by atoms with Crippen LogP contribution >= 0.6 is 0 Å². The summed E-state index contributed by atoms with van der Waals surface area (Å²) in [6.07, 6.45) is 0. The lowest BCUT2D eigenvalue weighted by Gasteiger charge is -1.80. The van der Waals surface area contributed by atoms with Crippen LogP contribution in [0.2, 0.25) is 0 Å². The third-order valence-corrected chi connectivity index (χ3v) is 1.04. The lowest BCUT2D eigenvalue weighted by Crippen LogP contribution is -1.91. The second-order valence-electron chi connectivity index (χ2n) is 1.27. The Morgan fingerprint density at radius 2 is 1.80 bits per heavy atom. The highest BCUT2D eigenvalue weighted by atomic mass is 32.2. The predicted molar refractivity (Wildman–Crippen MR) is 30.9 cm³/mol. The van der Waals surface area contributed by atoms with Gasteiger partial charge in [0.1, 0.15) is 17.7 Å². The normalized spacial score (nSPS) is 9.10. The zero-order valence-corrected chi connectivity index (χ0v) is 5.46. The van der Waals surface area contributed by atoms with Gasteiger partial charge >= 0.3 is 0 Å². The molecule has 0 aliphatic carbocycles. The Kier molecular flexibility index (Phi) is 2.56. The summed E-state index contributed by atoms with van der Waals surface area (Å²) in [7, 11) is -4.35. The molecule has 0 unspecified atom stereocenters. The summed E-state index contributed by atoms with van der Waals surface area (Å²) < 4.78 is 27.9. The van der Waals surface area contributed by atoms with Gasteiger partial charge in [-0.05, 0) is 0 Å². The van der Waals surface area contributed by atoms with Gasteiger partial charge in [0.25, 0.3) is 10.1 Å². The molecule has 0 amide bonds. The maximum Gasteiger partial charge on any atom is 0.289 e. The van der Waals surface area contributed by atoms with Crippen molar-refractivity contribution in [2.24, 2.45) is 0 Å². The smallest absolute Gasteiger partial charge is 0.282 e. The molecule has 0 rings (SSSR count). The van der Waals surface area contributed by atoms with E-state index in [1.807, 2.05) is 0 Å². The van der Waals surface area contributed by atoms with Crippen LogP contribution in [-0.4, -0.2) is 13.0 Å².